The molecule has 6 heteroatoms. The summed E-state index contributed by atoms with van der Waals surface area (Å²) in [6.07, 6.45) is 2.45. The molecule has 1 aliphatic rings. The number of amides is 1. The van der Waals surface area contributed by atoms with Crippen LogP contribution in [0.2, 0.25) is 10.0 Å². The van der Waals surface area contributed by atoms with Gasteiger partial charge in [-0.15, -0.1) is 0 Å². The molecule has 31 heavy (non-hydrogen) atoms. The number of para-hydroxylation sites is 1. The van der Waals surface area contributed by atoms with Crippen molar-refractivity contribution in [2.75, 3.05) is 6.61 Å². The Morgan fingerprint density at radius 3 is 2.81 bits per heavy atom. The van der Waals surface area contributed by atoms with Gasteiger partial charge in [0.25, 0.3) is 5.91 Å². The molecule has 0 saturated carbocycles. The second kappa shape index (κ2) is 8.22. The molecule has 154 valence electrons. The maximum absolute atomic E-state index is 13.0. The van der Waals surface area contributed by atoms with Gasteiger partial charge in [-0.05, 0) is 35.7 Å². The lowest BCUT2D eigenvalue weighted by Gasteiger charge is -2.26. The molecule has 1 N–H and O–H groups in total. The van der Waals surface area contributed by atoms with E-state index in [1.807, 2.05) is 60.7 Å². The number of rotatable bonds is 3. The Bertz CT molecular complexity index is 1310. The predicted molar refractivity (Wildman–Crippen MR) is 124 cm³/mol. The quantitative estimate of drug-likeness (QED) is 0.391. The Morgan fingerprint density at radius 2 is 1.90 bits per heavy atom. The van der Waals surface area contributed by atoms with E-state index >= 15 is 0 Å². The fourth-order valence-corrected chi connectivity index (χ4v) is 4.34. The zero-order valence-corrected chi connectivity index (χ0v) is 18.0. The standard InChI is InChI=1S/C25H18Cl2N2O2/c26-20-6-3-5-19(23(20)27)24-17-9-8-16(14-15(17)10-12-28-24)25(30)29-21-11-13-31-22-7-2-1-4-18(21)22/h1-10,12,14,21H,11,13H2,(H,29,30). The maximum atomic E-state index is 13.0. The number of aromatic nitrogens is 1. The molecule has 1 amide bonds. The van der Waals surface area contributed by atoms with Crippen molar-refractivity contribution in [1.29, 1.82) is 0 Å². The highest BCUT2D eigenvalue weighted by molar-refractivity contribution is 6.43. The summed E-state index contributed by atoms with van der Waals surface area (Å²) < 4.78 is 5.69. The molecule has 1 unspecified atom stereocenters. The lowest BCUT2D eigenvalue weighted by atomic mass is 9.99. The number of fused-ring (bicyclic) bond motifs is 2. The Morgan fingerprint density at radius 1 is 1.03 bits per heavy atom. The van der Waals surface area contributed by atoms with Crippen LogP contribution in [0.25, 0.3) is 22.0 Å². The maximum Gasteiger partial charge on any atom is 0.251 e. The van der Waals surface area contributed by atoms with Crippen molar-refractivity contribution in [3.63, 3.8) is 0 Å². The zero-order chi connectivity index (χ0) is 21.4. The van der Waals surface area contributed by atoms with Crippen LogP contribution in [-0.4, -0.2) is 17.5 Å². The summed E-state index contributed by atoms with van der Waals surface area (Å²) in [6.45, 7) is 0.578. The van der Waals surface area contributed by atoms with Crippen LogP contribution >= 0.6 is 23.2 Å². The van der Waals surface area contributed by atoms with Crippen molar-refractivity contribution in [2.24, 2.45) is 0 Å². The molecule has 4 aromatic rings. The van der Waals surface area contributed by atoms with E-state index in [1.54, 1.807) is 12.3 Å². The topological polar surface area (TPSA) is 51.2 Å². The monoisotopic (exact) mass is 448 g/mol. The van der Waals surface area contributed by atoms with E-state index in [-0.39, 0.29) is 11.9 Å². The van der Waals surface area contributed by atoms with Gasteiger partial charge in [0, 0.05) is 34.7 Å². The van der Waals surface area contributed by atoms with Crippen LogP contribution in [0.5, 0.6) is 5.75 Å². The number of carbonyl (C=O) groups excluding carboxylic acids is 1. The number of nitrogens with zero attached hydrogens (tertiary/aromatic N) is 1. The first kappa shape index (κ1) is 19.9. The van der Waals surface area contributed by atoms with Crippen molar-refractivity contribution in [1.82, 2.24) is 10.3 Å². The number of halogens is 2. The number of carbonyl (C=O) groups is 1. The van der Waals surface area contributed by atoms with E-state index in [2.05, 4.69) is 10.3 Å². The minimum Gasteiger partial charge on any atom is -0.493 e. The summed E-state index contributed by atoms with van der Waals surface area (Å²) in [7, 11) is 0. The molecule has 1 atom stereocenters. The molecule has 0 saturated heterocycles. The Balaban J connectivity index is 1.47. The predicted octanol–water partition coefficient (Wildman–Crippen LogP) is 6.46. The molecular weight excluding hydrogens is 431 g/mol. The van der Waals surface area contributed by atoms with Crippen LogP contribution in [-0.2, 0) is 0 Å². The normalized spacial score (nSPS) is 15.2. The lowest BCUT2D eigenvalue weighted by molar-refractivity contribution is 0.0925. The summed E-state index contributed by atoms with van der Waals surface area (Å²) in [4.78, 5) is 17.5. The minimum absolute atomic E-state index is 0.0774. The molecule has 0 aliphatic carbocycles. The summed E-state index contributed by atoms with van der Waals surface area (Å²) >= 11 is 12.6. The first-order valence-corrected chi connectivity index (χ1v) is 10.7. The third-order valence-electron chi connectivity index (χ3n) is 5.50. The summed E-state index contributed by atoms with van der Waals surface area (Å²) in [5.41, 5.74) is 3.09. The molecule has 5 rings (SSSR count). The molecule has 0 fully saturated rings. The fourth-order valence-electron chi connectivity index (χ4n) is 3.95. The summed E-state index contributed by atoms with van der Waals surface area (Å²) in [5.74, 6) is 0.703. The Kier molecular flexibility index (Phi) is 5.26. The smallest absolute Gasteiger partial charge is 0.251 e. The van der Waals surface area contributed by atoms with Gasteiger partial charge in [0.2, 0.25) is 0 Å². The third-order valence-corrected chi connectivity index (χ3v) is 6.32. The SMILES string of the molecule is O=C(NC1CCOc2ccccc21)c1ccc2c(-c3cccc(Cl)c3Cl)nccc2c1. The molecule has 2 heterocycles. The fraction of sp³-hybridized carbons (Fsp3) is 0.120. The van der Waals surface area contributed by atoms with Crippen LogP contribution in [0, 0.1) is 0 Å². The van der Waals surface area contributed by atoms with Crippen LogP contribution in [0.4, 0.5) is 0 Å². The summed E-state index contributed by atoms with van der Waals surface area (Å²) in [6, 6.07) is 20.7. The van der Waals surface area contributed by atoms with E-state index in [4.69, 9.17) is 27.9 Å². The highest BCUT2D eigenvalue weighted by Gasteiger charge is 2.23. The molecule has 0 bridgehead atoms. The molecule has 3 aromatic carbocycles. The molecule has 1 aliphatic heterocycles. The highest BCUT2D eigenvalue weighted by atomic mass is 35.5. The van der Waals surface area contributed by atoms with Crippen molar-refractivity contribution < 1.29 is 9.53 Å². The second-order valence-corrected chi connectivity index (χ2v) is 8.18. The highest BCUT2D eigenvalue weighted by Crippen LogP contribution is 2.36. The van der Waals surface area contributed by atoms with Gasteiger partial charge < -0.3 is 10.1 Å². The van der Waals surface area contributed by atoms with E-state index in [0.717, 1.165) is 39.8 Å². The zero-order valence-electron chi connectivity index (χ0n) is 16.4. The van der Waals surface area contributed by atoms with Gasteiger partial charge in [0.05, 0.1) is 28.4 Å². The van der Waals surface area contributed by atoms with Gasteiger partial charge in [-0.3, -0.25) is 9.78 Å². The van der Waals surface area contributed by atoms with Crippen molar-refractivity contribution in [3.05, 3.63) is 94.1 Å². The number of benzene rings is 3. The number of pyridine rings is 1. The van der Waals surface area contributed by atoms with Gasteiger partial charge in [0.15, 0.2) is 0 Å². The third kappa shape index (κ3) is 3.73. The first-order chi connectivity index (χ1) is 15.1. The van der Waals surface area contributed by atoms with Gasteiger partial charge in [-0.25, -0.2) is 0 Å². The van der Waals surface area contributed by atoms with Crippen LogP contribution in [0.3, 0.4) is 0 Å². The number of hydrogen-bond donors (Lipinski definition) is 1. The van der Waals surface area contributed by atoms with Crippen LogP contribution < -0.4 is 10.1 Å². The largest absolute Gasteiger partial charge is 0.493 e. The summed E-state index contributed by atoms with van der Waals surface area (Å²) in [5, 5.41) is 5.89. The van der Waals surface area contributed by atoms with Gasteiger partial charge in [0.1, 0.15) is 5.75 Å². The molecule has 4 nitrogen and oxygen atoms in total. The molecular formula is C25H18Cl2N2O2. The van der Waals surface area contributed by atoms with Gasteiger partial charge >= 0.3 is 0 Å². The molecule has 0 radical (unpaired) electrons. The number of nitrogens with one attached hydrogen (secondary N) is 1. The number of hydrogen-bond acceptors (Lipinski definition) is 3. The molecule has 1 aromatic heterocycles. The van der Waals surface area contributed by atoms with E-state index in [9.17, 15) is 4.79 Å². The van der Waals surface area contributed by atoms with E-state index in [0.29, 0.717) is 22.2 Å². The van der Waals surface area contributed by atoms with E-state index < -0.39 is 0 Å². The average molecular weight is 449 g/mol. The second-order valence-electron chi connectivity index (χ2n) is 7.40. The van der Waals surface area contributed by atoms with Gasteiger partial charge in [-0.1, -0.05) is 59.6 Å². The van der Waals surface area contributed by atoms with Crippen molar-refractivity contribution in [3.8, 4) is 17.0 Å². The average Bonchev–Trinajstić information content (AvgIpc) is 2.80. The lowest BCUT2D eigenvalue weighted by Crippen LogP contribution is -2.32. The first-order valence-electron chi connectivity index (χ1n) is 9.97. The van der Waals surface area contributed by atoms with Crippen LogP contribution in [0.15, 0.2) is 72.9 Å². The van der Waals surface area contributed by atoms with Crippen molar-refractivity contribution >= 4 is 39.9 Å². The Labute approximate surface area is 189 Å². The minimum atomic E-state index is -0.122. The van der Waals surface area contributed by atoms with Gasteiger partial charge in [-0.2, -0.15) is 0 Å². The number of ether oxygens (including phenoxy) is 1. The molecule has 0 spiro atoms. The Hall–Kier alpha value is -3.08. The van der Waals surface area contributed by atoms with Crippen LogP contribution in [0.1, 0.15) is 28.4 Å². The van der Waals surface area contributed by atoms with E-state index in [1.165, 1.54) is 0 Å². The van der Waals surface area contributed by atoms with Crippen molar-refractivity contribution in [2.45, 2.75) is 12.5 Å².